The van der Waals surface area contributed by atoms with Gasteiger partial charge in [-0.05, 0) is 24.1 Å². The molecule has 0 spiro atoms. The zero-order valence-corrected chi connectivity index (χ0v) is 13.5. The minimum atomic E-state index is -4.31. The van der Waals surface area contributed by atoms with Gasteiger partial charge in [0.2, 0.25) is 5.91 Å². The van der Waals surface area contributed by atoms with E-state index in [4.69, 9.17) is 0 Å². The third kappa shape index (κ3) is 6.33. The molecule has 1 saturated heterocycles. The van der Waals surface area contributed by atoms with Gasteiger partial charge in [-0.3, -0.25) is 14.6 Å². The summed E-state index contributed by atoms with van der Waals surface area (Å²) < 4.78 is 37.2. The Kier molecular flexibility index (Phi) is 6.35. The number of carboxylic acid groups (broad SMARTS) is 1. The van der Waals surface area contributed by atoms with E-state index in [9.17, 15) is 27.9 Å². The van der Waals surface area contributed by atoms with Gasteiger partial charge in [0.15, 0.2) is 0 Å². The molecule has 1 aliphatic heterocycles. The highest BCUT2D eigenvalue weighted by Gasteiger charge is 2.36. The number of hydrogen-bond donors (Lipinski definition) is 2. The van der Waals surface area contributed by atoms with Gasteiger partial charge in [0.05, 0.1) is 18.3 Å². The Balaban J connectivity index is 1.94. The third-order valence-electron chi connectivity index (χ3n) is 4.17. The summed E-state index contributed by atoms with van der Waals surface area (Å²) >= 11 is 0. The summed E-state index contributed by atoms with van der Waals surface area (Å²) in [6.45, 7) is 0.112. The summed E-state index contributed by atoms with van der Waals surface area (Å²) in [5.41, 5.74) is 0.836. The predicted octanol–water partition coefficient (Wildman–Crippen LogP) is 1.67. The van der Waals surface area contributed by atoms with Crippen LogP contribution in [0.5, 0.6) is 0 Å². The SMILES string of the molecule is O=C(O)[C@H]1C[C@H](C(=O)NCc2ccncc2)CN(CCC(F)(F)F)C1. The maximum Gasteiger partial charge on any atom is 0.390 e. The minimum absolute atomic E-state index is 0.0273. The molecular weight excluding hydrogens is 339 g/mol. The first-order chi connectivity index (χ1) is 11.7. The van der Waals surface area contributed by atoms with E-state index in [1.54, 1.807) is 24.5 Å². The highest BCUT2D eigenvalue weighted by molar-refractivity contribution is 5.80. The number of hydrogen-bond acceptors (Lipinski definition) is 4. The summed E-state index contributed by atoms with van der Waals surface area (Å²) in [5, 5.41) is 11.9. The monoisotopic (exact) mass is 359 g/mol. The van der Waals surface area contributed by atoms with Crippen molar-refractivity contribution in [2.24, 2.45) is 11.8 Å². The number of piperidine rings is 1. The number of aromatic nitrogens is 1. The second kappa shape index (κ2) is 8.28. The Hall–Kier alpha value is -2.16. The second-order valence-corrected chi connectivity index (χ2v) is 6.17. The third-order valence-corrected chi connectivity index (χ3v) is 4.17. The van der Waals surface area contributed by atoms with Crippen molar-refractivity contribution in [1.82, 2.24) is 15.2 Å². The van der Waals surface area contributed by atoms with Crippen LogP contribution in [0.3, 0.4) is 0 Å². The summed E-state index contributed by atoms with van der Waals surface area (Å²) in [7, 11) is 0. The number of amides is 1. The normalized spacial score (nSPS) is 21.7. The maximum absolute atomic E-state index is 12.4. The summed E-state index contributed by atoms with van der Waals surface area (Å²) in [5.74, 6) is -2.94. The van der Waals surface area contributed by atoms with Crippen molar-refractivity contribution in [2.45, 2.75) is 25.6 Å². The smallest absolute Gasteiger partial charge is 0.390 e. The number of halogens is 3. The number of alkyl halides is 3. The van der Waals surface area contributed by atoms with Gasteiger partial charge in [-0.25, -0.2) is 0 Å². The quantitative estimate of drug-likeness (QED) is 0.807. The molecule has 1 amide bonds. The molecule has 1 aromatic heterocycles. The first-order valence-corrected chi connectivity index (χ1v) is 7.93. The lowest BCUT2D eigenvalue weighted by atomic mass is 9.88. The zero-order chi connectivity index (χ0) is 18.4. The zero-order valence-electron chi connectivity index (χ0n) is 13.5. The first kappa shape index (κ1) is 19.2. The van der Waals surface area contributed by atoms with Crippen molar-refractivity contribution < 1.29 is 27.9 Å². The standard InChI is InChI=1S/C16H20F3N3O3/c17-16(18,19)3-6-22-9-12(7-13(10-22)15(24)25)14(23)21-8-11-1-4-20-5-2-11/h1-2,4-5,12-13H,3,6-10H2,(H,21,23)(H,24,25)/t12-,13-/m0/s1. The number of nitrogens with zero attached hydrogens (tertiary/aromatic N) is 2. The van der Waals surface area contributed by atoms with Gasteiger partial charge in [0, 0.05) is 38.6 Å². The molecule has 0 bridgehead atoms. The van der Waals surface area contributed by atoms with Crippen LogP contribution >= 0.6 is 0 Å². The van der Waals surface area contributed by atoms with Crippen LogP contribution in [0.4, 0.5) is 13.2 Å². The average molecular weight is 359 g/mol. The van der Waals surface area contributed by atoms with Crippen LogP contribution in [0.15, 0.2) is 24.5 Å². The van der Waals surface area contributed by atoms with Crippen molar-refractivity contribution in [1.29, 1.82) is 0 Å². The molecule has 0 saturated carbocycles. The van der Waals surface area contributed by atoms with Crippen LogP contribution in [0.1, 0.15) is 18.4 Å². The van der Waals surface area contributed by atoms with E-state index >= 15 is 0 Å². The summed E-state index contributed by atoms with van der Waals surface area (Å²) in [6.07, 6.45) is -2.04. The van der Waals surface area contributed by atoms with Crippen LogP contribution in [0.2, 0.25) is 0 Å². The molecule has 0 unspecified atom stereocenters. The largest absolute Gasteiger partial charge is 0.481 e. The second-order valence-electron chi connectivity index (χ2n) is 6.17. The van der Waals surface area contributed by atoms with Crippen LogP contribution in [0.25, 0.3) is 0 Å². The topological polar surface area (TPSA) is 82.5 Å². The van der Waals surface area contributed by atoms with Gasteiger partial charge in [-0.15, -0.1) is 0 Å². The van der Waals surface area contributed by atoms with Gasteiger partial charge in [-0.2, -0.15) is 13.2 Å². The van der Waals surface area contributed by atoms with Crippen LogP contribution < -0.4 is 5.32 Å². The number of rotatable bonds is 6. The molecule has 2 rings (SSSR count). The molecule has 1 aromatic rings. The number of pyridine rings is 1. The first-order valence-electron chi connectivity index (χ1n) is 7.93. The number of carboxylic acids is 1. The van der Waals surface area contributed by atoms with Gasteiger partial charge in [0.25, 0.3) is 0 Å². The van der Waals surface area contributed by atoms with Crippen molar-refractivity contribution >= 4 is 11.9 Å². The molecule has 0 radical (unpaired) electrons. The highest BCUT2D eigenvalue weighted by atomic mass is 19.4. The van der Waals surface area contributed by atoms with E-state index in [0.717, 1.165) is 5.56 Å². The molecule has 9 heteroatoms. The highest BCUT2D eigenvalue weighted by Crippen LogP contribution is 2.25. The molecule has 2 N–H and O–H groups in total. The number of carbonyl (C=O) groups is 2. The lowest BCUT2D eigenvalue weighted by Crippen LogP contribution is -2.48. The predicted molar refractivity (Wildman–Crippen MR) is 82.4 cm³/mol. The Morgan fingerprint density at radius 2 is 1.88 bits per heavy atom. The van der Waals surface area contributed by atoms with Gasteiger partial charge >= 0.3 is 12.1 Å². The molecule has 1 fully saturated rings. The Morgan fingerprint density at radius 1 is 1.24 bits per heavy atom. The van der Waals surface area contributed by atoms with E-state index in [0.29, 0.717) is 0 Å². The van der Waals surface area contributed by atoms with Crippen molar-refractivity contribution in [2.75, 3.05) is 19.6 Å². The number of nitrogens with one attached hydrogen (secondary N) is 1. The fourth-order valence-corrected chi connectivity index (χ4v) is 2.86. The Morgan fingerprint density at radius 3 is 2.48 bits per heavy atom. The van der Waals surface area contributed by atoms with Crippen LogP contribution in [-0.2, 0) is 16.1 Å². The Bertz CT molecular complexity index is 595. The maximum atomic E-state index is 12.4. The molecular formula is C16H20F3N3O3. The van der Waals surface area contributed by atoms with Crippen molar-refractivity contribution in [3.05, 3.63) is 30.1 Å². The minimum Gasteiger partial charge on any atom is -0.481 e. The van der Waals surface area contributed by atoms with Crippen molar-refractivity contribution in [3.8, 4) is 0 Å². The molecule has 25 heavy (non-hydrogen) atoms. The van der Waals surface area contributed by atoms with Gasteiger partial charge in [-0.1, -0.05) is 0 Å². The van der Waals surface area contributed by atoms with Crippen molar-refractivity contribution in [3.63, 3.8) is 0 Å². The van der Waals surface area contributed by atoms with E-state index in [2.05, 4.69) is 10.3 Å². The van der Waals surface area contributed by atoms with Crippen LogP contribution in [-0.4, -0.2) is 52.7 Å². The summed E-state index contributed by atoms with van der Waals surface area (Å²) in [6, 6.07) is 3.47. The number of aliphatic carboxylic acids is 1. The van der Waals surface area contributed by atoms with E-state index in [1.165, 1.54) is 4.90 Å². The molecule has 2 heterocycles. The fourth-order valence-electron chi connectivity index (χ4n) is 2.86. The van der Waals surface area contributed by atoms with Gasteiger partial charge in [0.1, 0.15) is 0 Å². The van der Waals surface area contributed by atoms with E-state index in [1.807, 2.05) is 0 Å². The molecule has 0 aromatic carbocycles. The lowest BCUT2D eigenvalue weighted by Gasteiger charge is -2.35. The van der Waals surface area contributed by atoms with Crippen LogP contribution in [0, 0.1) is 11.8 Å². The lowest BCUT2D eigenvalue weighted by molar-refractivity contribution is -0.148. The fraction of sp³-hybridized carbons (Fsp3) is 0.562. The Labute approximate surface area is 143 Å². The summed E-state index contributed by atoms with van der Waals surface area (Å²) in [4.78, 5) is 28.9. The molecule has 1 aliphatic rings. The average Bonchev–Trinajstić information content (AvgIpc) is 2.58. The molecule has 0 aliphatic carbocycles. The van der Waals surface area contributed by atoms with E-state index in [-0.39, 0.29) is 38.5 Å². The number of likely N-dealkylation sites (tertiary alicyclic amines) is 1. The van der Waals surface area contributed by atoms with Gasteiger partial charge < -0.3 is 15.3 Å². The molecule has 6 nitrogen and oxygen atoms in total. The van der Waals surface area contributed by atoms with E-state index < -0.39 is 30.4 Å². The molecule has 2 atom stereocenters. The molecule has 138 valence electrons. The number of carbonyl (C=O) groups excluding carboxylic acids is 1.